The van der Waals surface area contributed by atoms with Gasteiger partial charge in [0.25, 0.3) is 40.5 Å². The minimum absolute atomic E-state index is 0.255. The Labute approximate surface area is 837 Å². The number of carbonyl (C=O) groups excluding carboxylic acids is 1. The van der Waals surface area contributed by atoms with Gasteiger partial charge in [-0.2, -0.15) is 114 Å². The van der Waals surface area contributed by atoms with Gasteiger partial charge in [-0.05, 0) is 107 Å². The van der Waals surface area contributed by atoms with Crippen LogP contribution in [0.1, 0.15) is 147 Å². The van der Waals surface area contributed by atoms with Crippen LogP contribution in [0, 0.1) is 66.6 Å². The Morgan fingerprint density at radius 2 is 0.784 bits per heavy atom. The van der Waals surface area contributed by atoms with Crippen molar-refractivity contribution in [2.24, 2.45) is 10.9 Å². The van der Waals surface area contributed by atoms with Crippen LogP contribution in [-0.4, -0.2) is 375 Å². The zero-order valence-corrected chi connectivity index (χ0v) is 89.8. The van der Waals surface area contributed by atoms with Gasteiger partial charge in [-0.25, -0.2) is 9.79 Å². The lowest BCUT2D eigenvalue weighted by Crippen LogP contribution is -2.70. The molecule has 878 valence electrons. The summed E-state index contributed by atoms with van der Waals surface area (Å²) in [6.45, 7) is 18.8. The second-order valence-electron chi connectivity index (χ2n) is 29.3. The van der Waals surface area contributed by atoms with Gasteiger partial charge in [-0.1, -0.05) is 27.7 Å². The summed E-state index contributed by atoms with van der Waals surface area (Å²) >= 11 is 0. The topological polar surface area (TPSA) is 580 Å². The average molecular weight is 2370 g/mol. The van der Waals surface area contributed by atoms with E-state index in [9.17, 15) is 180 Å². The Balaban J connectivity index is -0.00000183. The number of methoxy groups -OCH3 is 2. The second-order valence-corrected chi connectivity index (χ2v) is 40.1. The third-order valence-electron chi connectivity index (χ3n) is 19.8. The highest BCUT2D eigenvalue weighted by Gasteiger charge is 2.92. The molecule has 2 heterocycles. The molecule has 6 unspecified atom stereocenters. The van der Waals surface area contributed by atoms with Crippen molar-refractivity contribution in [3.8, 4) is 0 Å². The van der Waals surface area contributed by atoms with Crippen LogP contribution in [0.25, 0.3) is 0 Å². The lowest BCUT2D eigenvalue weighted by atomic mass is 9.80. The molecule has 3 N–H and O–H groups in total. The SMILES string of the molecule is C1CCOC1.CCC(O[SiH2]O)C(O[SiH2]O)[C@H](CC)O[SiH2]O.CCO[Si](CCC(F)(F)C(F)(F)C(F)(F)C(F)(F)C(F)(F)C(F)(F)F)(OCC)OCC.CCO[Si](CCCN=C=O)(OCC)OCC.CCO[Si](OCC)(OCCC(F)(F)C(F)(F)C(F)(F)C(F)(F)C(F)(F)C(F)(F)F)O[SiH2]OC(CC)CC.CO[C@@H]1O[C@@H](CO[N+](=O)[O-])[C@@H](O[C@@H]2CC(CO[N+](=O)[O-])[C@@H](OC)[C@H](O[N+](=O)[O-])C2O[N+](=O)[O-])C(O[N+](=O)[O-])C1O[N+](=O)[O-]. The summed E-state index contributed by atoms with van der Waals surface area (Å²) in [5, 5.41) is 58.5. The first kappa shape index (κ1) is 146. The molecule has 0 amide bonds. The Bertz CT molecular complexity index is 3740. The Morgan fingerprint density at radius 1 is 0.419 bits per heavy atom. The fourth-order valence-electron chi connectivity index (χ4n) is 13.0. The van der Waals surface area contributed by atoms with E-state index in [0.717, 1.165) is 33.9 Å². The van der Waals surface area contributed by atoms with E-state index >= 15 is 0 Å². The van der Waals surface area contributed by atoms with Crippen LogP contribution in [0.2, 0.25) is 12.1 Å². The molecule has 0 aromatic rings. The number of ether oxygens (including phenoxy) is 5. The van der Waals surface area contributed by atoms with Crippen molar-refractivity contribution in [3.05, 3.63) is 60.7 Å². The summed E-state index contributed by atoms with van der Waals surface area (Å²) in [6, 6.07) is -0.671. The molecule has 2 aliphatic heterocycles. The zero-order chi connectivity index (χ0) is 115. The number of rotatable bonds is 69. The van der Waals surface area contributed by atoms with Crippen LogP contribution in [0.4, 0.5) is 114 Å². The van der Waals surface area contributed by atoms with E-state index < -0.39 is 275 Å². The van der Waals surface area contributed by atoms with Crippen LogP contribution in [0.5, 0.6) is 0 Å². The van der Waals surface area contributed by atoms with Crippen LogP contribution in [0.15, 0.2) is 4.99 Å². The van der Waals surface area contributed by atoms with Gasteiger partial charge in [0.05, 0.1) is 37.1 Å². The van der Waals surface area contributed by atoms with E-state index in [4.69, 9.17) is 99.7 Å². The smallest absolute Gasteiger partial charge is 0.415 e. The van der Waals surface area contributed by atoms with E-state index in [0.29, 0.717) is 58.1 Å². The van der Waals surface area contributed by atoms with Crippen molar-refractivity contribution in [2.75, 3.05) is 107 Å². The molecule has 3 fully saturated rings. The monoisotopic (exact) mass is 2370 g/mol. The number of alkyl halides is 26. The molecule has 2 saturated heterocycles. The van der Waals surface area contributed by atoms with Gasteiger partial charge in [0.2, 0.25) is 6.08 Å². The highest BCUT2D eigenvalue weighted by Crippen LogP contribution is 2.63. The summed E-state index contributed by atoms with van der Waals surface area (Å²) in [4.78, 5) is 133. The Hall–Kier alpha value is -6.60. The number of aliphatic imine (C=N–C) groups is 1. The fraction of sp³-hybridized carbons (Fsp3) is 0.985. The van der Waals surface area contributed by atoms with E-state index in [-0.39, 0.29) is 57.5 Å². The molecular formula is C67H119F26N7O41Si7. The van der Waals surface area contributed by atoms with Crippen LogP contribution >= 0.6 is 0 Å². The van der Waals surface area contributed by atoms with Gasteiger partial charge < -0.3 is 129 Å². The van der Waals surface area contributed by atoms with Gasteiger partial charge in [0, 0.05) is 124 Å². The normalized spacial score (nSPS) is 20.5. The van der Waals surface area contributed by atoms with Crippen LogP contribution in [0.3, 0.4) is 0 Å². The summed E-state index contributed by atoms with van der Waals surface area (Å²) in [7, 11) is -15.9. The van der Waals surface area contributed by atoms with E-state index in [1.165, 1.54) is 53.5 Å². The maximum atomic E-state index is 14.0. The predicted octanol–water partition coefficient (Wildman–Crippen LogP) is 9.39. The molecule has 3 aliphatic rings. The number of hydrogen-bond donors (Lipinski definition) is 3. The van der Waals surface area contributed by atoms with Gasteiger partial charge in [0.15, 0.2) is 30.7 Å². The number of hydrogen-bond acceptors (Lipinski definition) is 42. The first-order chi connectivity index (χ1) is 68.4. The molecule has 1 aliphatic carbocycles. The molecule has 0 bridgehead atoms. The van der Waals surface area contributed by atoms with Crippen molar-refractivity contribution in [1.82, 2.24) is 0 Å². The highest BCUT2D eigenvalue weighted by atomic mass is 28.4. The summed E-state index contributed by atoms with van der Waals surface area (Å²) in [5.41, 5.74) is 0. The number of isocyanates is 1. The van der Waals surface area contributed by atoms with Crippen molar-refractivity contribution in [2.45, 2.75) is 310 Å². The molecule has 148 heavy (non-hydrogen) atoms. The lowest BCUT2D eigenvalue weighted by molar-refractivity contribution is -0.809. The average Bonchev–Trinajstić information content (AvgIpc) is 0.717. The quantitative estimate of drug-likeness (QED) is 0.00970. The largest absolute Gasteiger partial charge is 0.670 e. The number of halogens is 26. The maximum absolute atomic E-state index is 14.0. The first-order valence-corrected chi connectivity index (χ1v) is 54.0. The highest BCUT2D eigenvalue weighted by molar-refractivity contribution is 6.61. The van der Waals surface area contributed by atoms with Gasteiger partial charge in [0.1, 0.15) is 25.4 Å². The van der Waals surface area contributed by atoms with Gasteiger partial charge >= 0.3 is 128 Å². The minimum atomic E-state index is -7.96. The molecule has 13 atom stereocenters. The van der Waals surface area contributed by atoms with Crippen molar-refractivity contribution >= 4 is 72.8 Å². The summed E-state index contributed by atoms with van der Waals surface area (Å²) in [6.07, 6.45) is -32.4. The molecule has 3 rings (SSSR count). The van der Waals surface area contributed by atoms with Crippen molar-refractivity contribution in [1.29, 1.82) is 0 Å². The molecule has 0 radical (unpaired) electrons. The zero-order valence-electron chi connectivity index (χ0n) is 81.1. The Morgan fingerprint density at radius 3 is 1.11 bits per heavy atom. The van der Waals surface area contributed by atoms with Crippen LogP contribution in [-0.2, 0) is 119 Å². The van der Waals surface area contributed by atoms with E-state index in [1.54, 1.807) is 13.8 Å². The van der Waals surface area contributed by atoms with Gasteiger partial charge in [-0.15, -0.1) is 60.7 Å². The lowest BCUT2D eigenvalue weighted by Gasteiger charge is -2.48. The molecule has 0 aromatic carbocycles. The molecule has 1 saturated carbocycles. The van der Waals surface area contributed by atoms with Crippen molar-refractivity contribution in [3.63, 3.8) is 0 Å². The third kappa shape index (κ3) is 43.3. The second kappa shape index (κ2) is 67.9. The van der Waals surface area contributed by atoms with Crippen molar-refractivity contribution < 1.29 is 278 Å². The van der Waals surface area contributed by atoms with Gasteiger partial charge in [-0.3, -0.25) is 0 Å². The molecule has 81 heteroatoms. The molecule has 0 spiro atoms. The third-order valence-corrected chi connectivity index (χ3v) is 32.0. The Kier molecular flexibility index (Phi) is 66.8. The maximum Gasteiger partial charge on any atom is 0.670 e. The number of nitrogens with zero attached hydrogens (tertiary/aromatic N) is 7. The molecular weight excluding hydrogens is 2250 g/mol. The molecule has 0 aromatic heterocycles. The van der Waals surface area contributed by atoms with E-state index in [2.05, 4.69) is 34.0 Å². The molecule has 48 nitrogen and oxygen atoms in total. The minimum Gasteiger partial charge on any atom is -0.415 e. The summed E-state index contributed by atoms with van der Waals surface area (Å²) in [5.74, 6) is -75.6. The first-order valence-electron chi connectivity index (χ1n) is 43.7. The standard InChI is InChI=1S/C17H27F13O5Si2.C15H22N6O22.C14H19F13O3Si.C10H21NO4Si.C7H22O6Si3.C4H8O/c1-5-11(6-2)34-36-35-37(31-7-3,32-8-4)33-10-9-12(18,19)13(20,21)14(22,23)15(24,25)16(26,27)17(28,29)30;1-34-9-6(4-36-16(22)23)3-7(11(40-18(26)27)12(9)41-19(28)29)38-10-8(5-37-17(24)25)39-15(35-2)14(43-21(32)33)13(10)42-20(30)31;1-4-28-31(29-5-2,30-6-3)8-7-9(15,16)10(17,18)11(19,20)12(21,22)13(23,24)14(25,26)27;1-4-13-16(14-5-2,15-6-3)9-7-8-11-10-12;1-3-5(11-14-8)7(13-16-10)6(4-2)12-15-9;1-2-4-5-3-1/h11H,5-10,36H2,1-4H3;6-15H,3-5H2,1-2H3;4-8H2,1-3H3;4-9H2,1-3H3;5-10H,3-4,14-16H2,1-2H3;1-4H2/t;6?,7-,8+,9-,10-,11?,12+,13?,14?,15-;;;5-,6?,7?;/m.1..0./s1. The summed E-state index contributed by atoms with van der Waals surface area (Å²) < 4.78 is 442. The fourth-order valence-corrected chi connectivity index (χ4v) is 23.9. The predicted molar refractivity (Wildman–Crippen MR) is 453 cm³/mol. The van der Waals surface area contributed by atoms with Crippen LogP contribution < -0.4 is 0 Å². The van der Waals surface area contributed by atoms with E-state index in [1.807, 2.05) is 34.6 Å².